The summed E-state index contributed by atoms with van der Waals surface area (Å²) in [5, 5.41) is 0. The van der Waals surface area contributed by atoms with Crippen LogP contribution >= 0.6 is 0 Å². The molecule has 0 saturated heterocycles. The minimum atomic E-state index is -0.532. The second-order valence-corrected chi connectivity index (χ2v) is 7.05. The summed E-state index contributed by atoms with van der Waals surface area (Å²) in [5.41, 5.74) is 3.61. The van der Waals surface area contributed by atoms with Gasteiger partial charge in [0, 0.05) is 0 Å². The van der Waals surface area contributed by atoms with E-state index in [1.54, 1.807) is 4.90 Å². The van der Waals surface area contributed by atoms with Crippen molar-refractivity contribution in [3.8, 4) is 0 Å². The Morgan fingerprint density at radius 3 is 2.29 bits per heavy atom. The van der Waals surface area contributed by atoms with Crippen molar-refractivity contribution in [2.24, 2.45) is 0 Å². The molecular weight excluding hydrogens is 298 g/mol. The van der Waals surface area contributed by atoms with Gasteiger partial charge in [-0.3, -0.25) is 4.90 Å². The minimum Gasteiger partial charge on any atom is -0.443 e. The predicted molar refractivity (Wildman–Crippen MR) is 97.2 cm³/mol. The molecule has 0 aromatic heterocycles. The molecule has 1 aliphatic heterocycles. The van der Waals surface area contributed by atoms with Crippen LogP contribution in [0.15, 0.2) is 54.6 Å². The van der Waals surface area contributed by atoms with Crippen LogP contribution < -0.4 is 0 Å². The molecule has 0 fully saturated rings. The average molecular weight is 321 g/mol. The number of fused-ring (bicyclic) bond motifs is 1. The second-order valence-electron chi connectivity index (χ2n) is 7.05. The van der Waals surface area contributed by atoms with Crippen LogP contribution in [0.2, 0.25) is 0 Å². The van der Waals surface area contributed by atoms with Gasteiger partial charge in [-0.05, 0) is 50.5 Å². The summed E-state index contributed by atoms with van der Waals surface area (Å²) in [6, 6.07) is 18.1. The van der Waals surface area contributed by atoms with Gasteiger partial charge in [-0.2, -0.15) is 0 Å². The van der Waals surface area contributed by atoms with Crippen LogP contribution in [-0.4, -0.2) is 16.6 Å². The highest BCUT2D eigenvalue weighted by Gasteiger charge is 2.33. The van der Waals surface area contributed by atoms with Crippen molar-refractivity contribution in [1.29, 1.82) is 0 Å². The van der Waals surface area contributed by atoms with Gasteiger partial charge < -0.3 is 4.74 Å². The number of amides is 1. The molecular formula is C21H23NO2. The molecule has 1 amide bonds. The molecule has 0 N–H and O–H groups in total. The van der Waals surface area contributed by atoms with Gasteiger partial charge in [0.2, 0.25) is 0 Å². The van der Waals surface area contributed by atoms with Crippen LogP contribution in [0, 0.1) is 0 Å². The first kappa shape index (κ1) is 16.3. The van der Waals surface area contributed by atoms with Gasteiger partial charge in [0.25, 0.3) is 0 Å². The zero-order valence-electron chi connectivity index (χ0n) is 14.6. The summed E-state index contributed by atoms with van der Waals surface area (Å²) >= 11 is 0. The molecule has 1 atom stereocenters. The number of carbonyl (C=O) groups excluding carboxylic acids is 1. The van der Waals surface area contributed by atoms with Gasteiger partial charge >= 0.3 is 6.09 Å². The molecule has 0 radical (unpaired) electrons. The minimum absolute atomic E-state index is 0.0868. The van der Waals surface area contributed by atoms with Crippen LogP contribution in [0.5, 0.6) is 0 Å². The third kappa shape index (κ3) is 3.21. The molecule has 1 heterocycles. The van der Waals surface area contributed by atoms with E-state index in [0.29, 0.717) is 0 Å². The molecule has 3 nitrogen and oxygen atoms in total. The number of carbonyl (C=O) groups is 1. The van der Waals surface area contributed by atoms with E-state index in [1.165, 1.54) is 0 Å². The molecule has 0 spiro atoms. The number of ether oxygens (including phenoxy) is 1. The second kappa shape index (κ2) is 6.16. The Balaban J connectivity index is 2.10. The predicted octanol–water partition coefficient (Wildman–Crippen LogP) is 5.50. The fourth-order valence-corrected chi connectivity index (χ4v) is 2.99. The van der Waals surface area contributed by atoms with Crippen LogP contribution in [0.3, 0.4) is 0 Å². The first-order chi connectivity index (χ1) is 11.4. The van der Waals surface area contributed by atoms with E-state index < -0.39 is 5.60 Å². The molecule has 3 heteroatoms. The molecule has 3 rings (SSSR count). The quantitative estimate of drug-likeness (QED) is 0.694. The molecule has 0 aliphatic carbocycles. The number of nitrogens with zero attached hydrogens (tertiary/aromatic N) is 1. The maximum atomic E-state index is 12.9. The Kier molecular flexibility index (Phi) is 4.18. The van der Waals surface area contributed by atoms with Crippen LogP contribution in [0.1, 0.15) is 50.4 Å². The Hall–Kier alpha value is -2.55. The van der Waals surface area contributed by atoms with Crippen molar-refractivity contribution in [3.05, 3.63) is 71.3 Å². The summed E-state index contributed by atoms with van der Waals surface area (Å²) in [6.07, 6.45) is 1.74. The zero-order valence-corrected chi connectivity index (χ0v) is 14.6. The van der Waals surface area contributed by atoms with E-state index >= 15 is 0 Å². The summed E-state index contributed by atoms with van der Waals surface area (Å²) in [5.74, 6) is 0. The summed E-state index contributed by atoms with van der Waals surface area (Å²) in [4.78, 5) is 14.6. The molecule has 2 aromatic rings. The van der Waals surface area contributed by atoms with Crippen LogP contribution in [-0.2, 0) is 4.74 Å². The Bertz CT molecular complexity index is 772. The van der Waals surface area contributed by atoms with Gasteiger partial charge in [-0.25, -0.2) is 4.79 Å². The maximum absolute atomic E-state index is 12.9. The van der Waals surface area contributed by atoms with E-state index in [1.807, 2.05) is 70.2 Å². The Morgan fingerprint density at radius 1 is 1.00 bits per heavy atom. The van der Waals surface area contributed by atoms with Crippen molar-refractivity contribution in [2.45, 2.75) is 39.3 Å². The van der Waals surface area contributed by atoms with Gasteiger partial charge in [0.1, 0.15) is 5.60 Å². The van der Waals surface area contributed by atoms with Crippen molar-refractivity contribution in [1.82, 2.24) is 4.90 Å². The molecule has 2 aromatic carbocycles. The van der Waals surface area contributed by atoms with Crippen LogP contribution in [0.4, 0.5) is 4.79 Å². The van der Waals surface area contributed by atoms with Crippen molar-refractivity contribution >= 4 is 17.9 Å². The molecule has 0 saturated carbocycles. The number of rotatable bonds is 1. The lowest BCUT2D eigenvalue weighted by Gasteiger charge is -2.37. The van der Waals surface area contributed by atoms with E-state index in [2.05, 4.69) is 18.2 Å². The molecule has 1 aliphatic rings. The Labute approximate surface area is 143 Å². The summed E-state index contributed by atoms with van der Waals surface area (Å²) in [7, 11) is 0. The highest BCUT2D eigenvalue weighted by atomic mass is 16.6. The van der Waals surface area contributed by atoms with E-state index in [9.17, 15) is 4.79 Å². The maximum Gasteiger partial charge on any atom is 0.415 e. The first-order valence-corrected chi connectivity index (χ1v) is 8.25. The monoisotopic (exact) mass is 321 g/mol. The van der Waals surface area contributed by atoms with E-state index in [0.717, 1.165) is 22.4 Å². The van der Waals surface area contributed by atoms with Crippen molar-refractivity contribution in [3.63, 3.8) is 0 Å². The molecule has 0 bridgehead atoms. The number of hydrogen-bond donors (Lipinski definition) is 0. The largest absolute Gasteiger partial charge is 0.443 e. The molecule has 124 valence electrons. The lowest BCUT2D eigenvalue weighted by atomic mass is 9.93. The summed E-state index contributed by atoms with van der Waals surface area (Å²) < 4.78 is 5.66. The number of hydrogen-bond acceptors (Lipinski definition) is 2. The first-order valence-electron chi connectivity index (χ1n) is 8.25. The van der Waals surface area contributed by atoms with Gasteiger partial charge in [-0.1, -0.05) is 54.6 Å². The SMILES string of the molecule is CC1c2ccccc2C=C(c2ccccc2)N1C(=O)OC(C)(C)C. The fourth-order valence-electron chi connectivity index (χ4n) is 2.99. The Morgan fingerprint density at radius 2 is 1.62 bits per heavy atom. The highest BCUT2D eigenvalue weighted by molar-refractivity contribution is 5.92. The molecule has 24 heavy (non-hydrogen) atoms. The standard InChI is InChI=1S/C21H23NO2/c1-15-18-13-9-8-12-17(18)14-19(16-10-6-5-7-11-16)22(15)20(23)24-21(2,3)4/h5-15H,1-4H3. The smallest absolute Gasteiger partial charge is 0.415 e. The topological polar surface area (TPSA) is 29.5 Å². The van der Waals surface area contributed by atoms with E-state index in [4.69, 9.17) is 4.74 Å². The van der Waals surface area contributed by atoms with Gasteiger partial charge in [-0.15, -0.1) is 0 Å². The fraction of sp³-hybridized carbons (Fsp3) is 0.286. The third-order valence-electron chi connectivity index (χ3n) is 4.04. The molecule has 1 unspecified atom stereocenters. The average Bonchev–Trinajstić information content (AvgIpc) is 2.54. The lowest BCUT2D eigenvalue weighted by molar-refractivity contribution is 0.0299. The van der Waals surface area contributed by atoms with Gasteiger partial charge in [0.15, 0.2) is 0 Å². The number of benzene rings is 2. The highest BCUT2D eigenvalue weighted by Crippen LogP contribution is 2.39. The van der Waals surface area contributed by atoms with Gasteiger partial charge in [0.05, 0.1) is 11.7 Å². The summed E-state index contributed by atoms with van der Waals surface area (Å²) in [6.45, 7) is 7.71. The van der Waals surface area contributed by atoms with Crippen molar-refractivity contribution < 1.29 is 9.53 Å². The third-order valence-corrected chi connectivity index (χ3v) is 4.04. The normalized spacial score (nSPS) is 17.1. The van der Waals surface area contributed by atoms with E-state index in [-0.39, 0.29) is 12.1 Å². The zero-order chi connectivity index (χ0) is 17.3. The van der Waals surface area contributed by atoms with Crippen LogP contribution in [0.25, 0.3) is 11.8 Å². The van der Waals surface area contributed by atoms with Crippen molar-refractivity contribution in [2.75, 3.05) is 0 Å². The lowest BCUT2D eigenvalue weighted by Crippen LogP contribution is -2.38.